The van der Waals surface area contributed by atoms with Gasteiger partial charge >= 0.3 is 11.9 Å². The summed E-state index contributed by atoms with van der Waals surface area (Å²) < 4.78 is 11.8. The molecule has 50 heavy (non-hydrogen) atoms. The van der Waals surface area contributed by atoms with E-state index in [1.807, 2.05) is 109 Å². The topological polar surface area (TPSA) is 150 Å². The molecule has 7 rings (SSSR count). The largest absolute Gasteiger partial charge is 0.494 e. The summed E-state index contributed by atoms with van der Waals surface area (Å²) in [7, 11) is 0. The molecule has 2 aliphatic heterocycles. The number of aromatic nitrogens is 4. The average Bonchev–Trinajstić information content (AvgIpc) is 3.93. The molecule has 0 saturated carbocycles. The van der Waals surface area contributed by atoms with Gasteiger partial charge in [-0.25, -0.2) is 9.97 Å². The lowest BCUT2D eigenvalue weighted by Gasteiger charge is -2.09. The Labute approximate surface area is 287 Å². The van der Waals surface area contributed by atoms with Crippen LogP contribution in [0.25, 0.3) is 68.6 Å². The summed E-state index contributed by atoms with van der Waals surface area (Å²) >= 11 is 0. The molecule has 0 aliphatic carbocycles. The highest BCUT2D eigenvalue weighted by Crippen LogP contribution is 2.34. The number of aromatic amines is 2. The second-order valence-electron chi connectivity index (χ2n) is 12.0. The fraction of sp³-hybridized carbons (Fsp3) is 0.150. The number of ether oxygens (including phenoxy) is 2. The quantitative estimate of drug-likeness (QED) is 0.0949. The Balaban J connectivity index is 1.33. The number of nitrogens with zero attached hydrogens (tertiary/aromatic N) is 2. The molecule has 0 saturated heterocycles. The molecule has 3 aromatic heterocycles. The fourth-order valence-electron chi connectivity index (χ4n) is 5.99. The summed E-state index contributed by atoms with van der Waals surface area (Å²) in [5.41, 5.74) is 10.2. The molecule has 250 valence electrons. The Morgan fingerprint density at radius 1 is 0.580 bits per heavy atom. The van der Waals surface area contributed by atoms with Gasteiger partial charge in [-0.3, -0.25) is 9.59 Å². The molecule has 0 spiro atoms. The lowest BCUT2D eigenvalue weighted by Crippen LogP contribution is -2.02. The van der Waals surface area contributed by atoms with Crippen LogP contribution in [-0.2, 0) is 9.59 Å². The standard InChI is InChI=1S/C40H34N4O6/c45-37(46)9-3-19-49-31-7-1-5-25(21-31)39-33-15-11-27(41-33)23-29-13-17-35(43-29)40(26-6-2-8-32(22-26)50-20-4-10-38(47)48)36-18-14-30(44-36)24-28-12-16-34(39)42-28/h1-2,5-8,11-18,21-24,41,44H,3-4,9-10,19-20H2,(H,45,46)(H,47,48). The first-order chi connectivity index (χ1) is 24.4. The maximum absolute atomic E-state index is 10.9. The van der Waals surface area contributed by atoms with Gasteiger partial charge in [-0.2, -0.15) is 0 Å². The maximum atomic E-state index is 10.9. The first-order valence-corrected chi connectivity index (χ1v) is 16.4. The van der Waals surface area contributed by atoms with Crippen LogP contribution in [0.3, 0.4) is 0 Å². The van der Waals surface area contributed by atoms with Crippen molar-refractivity contribution in [2.75, 3.05) is 13.2 Å². The summed E-state index contributed by atoms with van der Waals surface area (Å²) in [6.07, 6.45) is 8.91. The van der Waals surface area contributed by atoms with E-state index in [-0.39, 0.29) is 12.8 Å². The highest BCUT2D eigenvalue weighted by molar-refractivity contribution is 5.93. The van der Waals surface area contributed by atoms with Gasteiger partial charge in [0.15, 0.2) is 0 Å². The lowest BCUT2D eigenvalue weighted by molar-refractivity contribution is -0.138. The van der Waals surface area contributed by atoms with E-state index >= 15 is 0 Å². The van der Waals surface area contributed by atoms with Crippen LogP contribution in [0, 0.1) is 0 Å². The van der Waals surface area contributed by atoms with Gasteiger partial charge < -0.3 is 29.7 Å². The third kappa shape index (κ3) is 7.50. The van der Waals surface area contributed by atoms with Gasteiger partial charge in [-0.15, -0.1) is 0 Å². The van der Waals surface area contributed by atoms with Crippen LogP contribution in [0.15, 0.2) is 84.9 Å². The van der Waals surface area contributed by atoms with Gasteiger partial charge in [-0.1, -0.05) is 24.3 Å². The van der Waals surface area contributed by atoms with Crippen molar-refractivity contribution in [2.45, 2.75) is 25.7 Å². The second kappa shape index (κ2) is 14.4. The van der Waals surface area contributed by atoms with Crippen molar-refractivity contribution in [3.05, 3.63) is 108 Å². The summed E-state index contributed by atoms with van der Waals surface area (Å²) in [5.74, 6) is -0.384. The first-order valence-electron chi connectivity index (χ1n) is 16.4. The number of fused-ring (bicyclic) bond motifs is 8. The van der Waals surface area contributed by atoms with Gasteiger partial charge in [0.2, 0.25) is 0 Å². The monoisotopic (exact) mass is 666 g/mol. The van der Waals surface area contributed by atoms with E-state index in [1.165, 1.54) is 0 Å². The number of rotatable bonds is 12. The minimum absolute atomic E-state index is 0.0522. The first kappa shape index (κ1) is 32.1. The molecular weight excluding hydrogens is 632 g/mol. The van der Waals surface area contributed by atoms with E-state index in [2.05, 4.69) is 9.97 Å². The number of hydrogen-bond donors (Lipinski definition) is 4. The van der Waals surface area contributed by atoms with E-state index in [9.17, 15) is 9.59 Å². The number of H-pyrrole nitrogens is 2. The third-order valence-electron chi connectivity index (χ3n) is 8.25. The molecule has 0 fully saturated rings. The van der Waals surface area contributed by atoms with Crippen LogP contribution < -0.4 is 9.47 Å². The van der Waals surface area contributed by atoms with Crippen molar-refractivity contribution >= 4 is 58.3 Å². The molecule has 5 heterocycles. The summed E-state index contributed by atoms with van der Waals surface area (Å²) in [4.78, 5) is 39.0. The number of carbonyl (C=O) groups is 2. The van der Waals surface area contributed by atoms with Gasteiger partial charge in [0.1, 0.15) is 11.5 Å². The molecule has 0 unspecified atom stereocenters. The third-order valence-corrected chi connectivity index (χ3v) is 8.25. The number of aliphatic carboxylic acids is 2. The Morgan fingerprint density at radius 2 is 1.04 bits per heavy atom. The number of hydrogen-bond acceptors (Lipinski definition) is 6. The minimum atomic E-state index is -0.844. The normalized spacial score (nSPS) is 11.8. The van der Waals surface area contributed by atoms with Crippen LogP contribution in [0.1, 0.15) is 48.5 Å². The van der Waals surface area contributed by atoms with E-state index in [0.717, 1.165) is 67.1 Å². The van der Waals surface area contributed by atoms with Gasteiger partial charge in [0.25, 0.3) is 0 Å². The molecule has 10 heteroatoms. The summed E-state index contributed by atoms with van der Waals surface area (Å²) in [6.45, 7) is 0.611. The number of benzene rings is 2. The molecule has 0 atom stereocenters. The lowest BCUT2D eigenvalue weighted by atomic mass is 10.0. The predicted octanol–water partition coefficient (Wildman–Crippen LogP) is 8.48. The Hall–Kier alpha value is -6.42. The molecular formula is C40H34N4O6. The zero-order valence-corrected chi connectivity index (χ0v) is 27.1. The molecule has 10 nitrogen and oxygen atoms in total. The molecule has 8 bridgehead atoms. The number of carboxylic acid groups (broad SMARTS) is 2. The molecule has 4 N–H and O–H groups in total. The van der Waals surface area contributed by atoms with Crippen molar-refractivity contribution in [3.63, 3.8) is 0 Å². The van der Waals surface area contributed by atoms with E-state index < -0.39 is 11.9 Å². The molecule has 0 radical (unpaired) electrons. The second-order valence-corrected chi connectivity index (χ2v) is 12.0. The van der Waals surface area contributed by atoms with Crippen molar-refractivity contribution in [3.8, 4) is 33.8 Å². The summed E-state index contributed by atoms with van der Waals surface area (Å²) in [5, 5.41) is 17.9. The van der Waals surface area contributed by atoms with Crippen LogP contribution in [-0.4, -0.2) is 55.3 Å². The van der Waals surface area contributed by atoms with E-state index in [0.29, 0.717) is 37.6 Å². The smallest absolute Gasteiger partial charge is 0.303 e. The van der Waals surface area contributed by atoms with Gasteiger partial charge in [0.05, 0.1) is 36.0 Å². The Morgan fingerprint density at radius 3 is 1.48 bits per heavy atom. The van der Waals surface area contributed by atoms with Crippen LogP contribution >= 0.6 is 0 Å². The fourth-order valence-corrected chi connectivity index (χ4v) is 5.99. The van der Waals surface area contributed by atoms with E-state index in [4.69, 9.17) is 29.7 Å². The molecule has 2 aliphatic rings. The highest BCUT2D eigenvalue weighted by Gasteiger charge is 2.14. The Kier molecular flexibility index (Phi) is 9.24. The average molecular weight is 667 g/mol. The molecule has 0 amide bonds. The van der Waals surface area contributed by atoms with Crippen LogP contribution in [0.2, 0.25) is 0 Å². The van der Waals surface area contributed by atoms with Crippen LogP contribution in [0.4, 0.5) is 0 Å². The van der Waals surface area contributed by atoms with Crippen LogP contribution in [0.5, 0.6) is 11.5 Å². The van der Waals surface area contributed by atoms with Crippen molar-refractivity contribution in [2.24, 2.45) is 0 Å². The predicted molar refractivity (Wildman–Crippen MR) is 194 cm³/mol. The maximum Gasteiger partial charge on any atom is 0.303 e. The highest BCUT2D eigenvalue weighted by atomic mass is 16.5. The molecule has 5 aromatic rings. The number of carboxylic acids is 2. The SMILES string of the molecule is O=C(O)CCCOc1cccc(-c2c3nc(cc4ccc([nH]4)c(-c4cccc(OCCCC(=O)O)c4)c4nc(cc5ccc2[nH]5)C=C4)C=C3)c1. The zero-order valence-electron chi connectivity index (χ0n) is 27.1. The van der Waals surface area contributed by atoms with Crippen molar-refractivity contribution in [1.29, 1.82) is 0 Å². The number of nitrogens with one attached hydrogen (secondary N) is 2. The van der Waals surface area contributed by atoms with E-state index in [1.54, 1.807) is 0 Å². The molecule has 2 aromatic carbocycles. The zero-order chi connectivity index (χ0) is 34.5. The van der Waals surface area contributed by atoms with Gasteiger partial charge in [-0.05, 0) is 109 Å². The van der Waals surface area contributed by atoms with Gasteiger partial charge in [0, 0.05) is 46.0 Å². The Bertz CT molecular complexity index is 2150. The summed E-state index contributed by atoms with van der Waals surface area (Å²) in [6, 6.07) is 27.6. The van der Waals surface area contributed by atoms with Crippen molar-refractivity contribution in [1.82, 2.24) is 19.9 Å². The minimum Gasteiger partial charge on any atom is -0.494 e. The van der Waals surface area contributed by atoms with Crippen molar-refractivity contribution < 1.29 is 29.3 Å².